The van der Waals surface area contributed by atoms with E-state index >= 15 is 0 Å². The first-order chi connectivity index (χ1) is 14.7. The number of unbranched alkanes of at least 4 members (excludes halogenated alkanes) is 12. The Bertz CT molecular complexity index is 544. The highest BCUT2D eigenvalue weighted by molar-refractivity contribution is 5.75. The number of carbonyl (C=O) groups excluding carboxylic acids is 1. The fourth-order valence-corrected chi connectivity index (χ4v) is 4.00. The zero-order valence-corrected chi connectivity index (χ0v) is 19.6. The molecule has 0 N–H and O–H groups in total. The average molecular weight is 421 g/mol. The predicted molar refractivity (Wildman–Crippen MR) is 126 cm³/mol. The number of benzene rings is 1. The van der Waals surface area contributed by atoms with Gasteiger partial charge in [-0.25, -0.2) is 4.39 Å². The Labute approximate surface area is 185 Å². The maximum atomic E-state index is 13.8. The van der Waals surface area contributed by atoms with Gasteiger partial charge in [0, 0.05) is 6.07 Å². The van der Waals surface area contributed by atoms with Gasteiger partial charge >= 0.3 is 0 Å². The van der Waals surface area contributed by atoms with Crippen molar-refractivity contribution in [3.8, 4) is 5.75 Å². The SMILES string of the molecule is CCCCCCCCCCC(CCCCCCCC)COc1ccc(C=O)c(F)c1. The van der Waals surface area contributed by atoms with Crippen molar-refractivity contribution < 1.29 is 13.9 Å². The van der Waals surface area contributed by atoms with E-state index in [-0.39, 0.29) is 5.56 Å². The van der Waals surface area contributed by atoms with Gasteiger partial charge in [-0.1, -0.05) is 104 Å². The molecule has 0 saturated carbocycles. The third-order valence-corrected chi connectivity index (χ3v) is 6.02. The molecule has 0 heterocycles. The van der Waals surface area contributed by atoms with E-state index in [2.05, 4.69) is 13.8 Å². The molecule has 0 aliphatic carbocycles. The zero-order chi connectivity index (χ0) is 21.9. The third kappa shape index (κ3) is 13.0. The van der Waals surface area contributed by atoms with Gasteiger partial charge in [-0.15, -0.1) is 0 Å². The lowest BCUT2D eigenvalue weighted by atomic mass is 9.94. The molecule has 30 heavy (non-hydrogen) atoms. The molecule has 0 amide bonds. The summed E-state index contributed by atoms with van der Waals surface area (Å²) < 4.78 is 19.7. The highest BCUT2D eigenvalue weighted by Gasteiger charge is 2.11. The molecule has 3 heteroatoms. The van der Waals surface area contributed by atoms with Crippen LogP contribution in [-0.2, 0) is 0 Å². The number of ether oxygens (including phenoxy) is 1. The molecule has 0 aliphatic heterocycles. The van der Waals surface area contributed by atoms with Crippen LogP contribution in [0.25, 0.3) is 0 Å². The van der Waals surface area contributed by atoms with E-state index in [1.165, 1.54) is 115 Å². The predicted octanol–water partition coefficient (Wildman–Crippen LogP) is 8.91. The van der Waals surface area contributed by atoms with Crippen molar-refractivity contribution in [2.75, 3.05) is 6.61 Å². The molecule has 1 rings (SSSR count). The number of halogens is 1. The van der Waals surface area contributed by atoms with Crippen LogP contribution in [0.4, 0.5) is 4.39 Å². The Morgan fingerprint density at radius 2 is 1.30 bits per heavy atom. The average Bonchev–Trinajstić information content (AvgIpc) is 2.75. The summed E-state index contributed by atoms with van der Waals surface area (Å²) in [7, 11) is 0. The molecule has 0 aliphatic rings. The number of aldehydes is 1. The van der Waals surface area contributed by atoms with E-state index in [1.807, 2.05) is 0 Å². The Morgan fingerprint density at radius 3 is 1.77 bits per heavy atom. The second kappa shape index (κ2) is 18.4. The summed E-state index contributed by atoms with van der Waals surface area (Å²) in [5.41, 5.74) is 0.0879. The molecule has 1 unspecified atom stereocenters. The molecular weight excluding hydrogens is 375 g/mol. The normalized spacial score (nSPS) is 12.1. The lowest BCUT2D eigenvalue weighted by Gasteiger charge is -2.18. The third-order valence-electron chi connectivity index (χ3n) is 6.02. The maximum Gasteiger partial charge on any atom is 0.152 e. The minimum Gasteiger partial charge on any atom is -0.493 e. The molecular formula is C27H45FO2. The van der Waals surface area contributed by atoms with Crippen LogP contribution in [0.3, 0.4) is 0 Å². The lowest BCUT2D eigenvalue weighted by Crippen LogP contribution is -2.13. The smallest absolute Gasteiger partial charge is 0.152 e. The van der Waals surface area contributed by atoms with Crippen molar-refractivity contribution in [3.05, 3.63) is 29.6 Å². The number of hydrogen-bond acceptors (Lipinski definition) is 2. The van der Waals surface area contributed by atoms with Crippen molar-refractivity contribution in [2.24, 2.45) is 5.92 Å². The van der Waals surface area contributed by atoms with Crippen molar-refractivity contribution in [2.45, 2.75) is 117 Å². The molecule has 0 saturated heterocycles. The summed E-state index contributed by atoms with van der Waals surface area (Å²) in [6, 6.07) is 4.53. The summed E-state index contributed by atoms with van der Waals surface area (Å²) in [5.74, 6) is 0.560. The van der Waals surface area contributed by atoms with Gasteiger partial charge in [0.05, 0.1) is 12.2 Å². The molecule has 0 fully saturated rings. The first kappa shape index (κ1) is 26.7. The van der Waals surface area contributed by atoms with Gasteiger partial charge < -0.3 is 4.74 Å². The molecule has 1 aromatic rings. The minimum absolute atomic E-state index is 0.0879. The minimum atomic E-state index is -0.502. The molecule has 1 aromatic carbocycles. The van der Waals surface area contributed by atoms with Gasteiger partial charge in [0.25, 0.3) is 0 Å². The molecule has 172 valence electrons. The highest BCUT2D eigenvalue weighted by Crippen LogP contribution is 2.22. The largest absolute Gasteiger partial charge is 0.493 e. The Hall–Kier alpha value is -1.38. The fraction of sp³-hybridized carbons (Fsp3) is 0.741. The van der Waals surface area contributed by atoms with E-state index in [0.29, 0.717) is 24.6 Å². The first-order valence-corrected chi connectivity index (χ1v) is 12.6. The van der Waals surface area contributed by atoms with Crippen LogP contribution >= 0.6 is 0 Å². The van der Waals surface area contributed by atoms with E-state index in [0.717, 1.165) is 0 Å². The van der Waals surface area contributed by atoms with E-state index in [9.17, 15) is 9.18 Å². The fourth-order valence-electron chi connectivity index (χ4n) is 4.00. The van der Waals surface area contributed by atoms with Crippen LogP contribution in [-0.4, -0.2) is 12.9 Å². The van der Waals surface area contributed by atoms with Gasteiger partial charge in [-0.3, -0.25) is 4.79 Å². The van der Waals surface area contributed by atoms with Crippen molar-refractivity contribution >= 4 is 6.29 Å². The number of rotatable bonds is 20. The van der Waals surface area contributed by atoms with Crippen molar-refractivity contribution in [1.29, 1.82) is 0 Å². The monoisotopic (exact) mass is 420 g/mol. The molecule has 2 nitrogen and oxygen atoms in total. The van der Waals surface area contributed by atoms with Crippen LogP contribution in [0.15, 0.2) is 18.2 Å². The van der Waals surface area contributed by atoms with Gasteiger partial charge in [0.15, 0.2) is 6.29 Å². The topological polar surface area (TPSA) is 26.3 Å². The Kier molecular flexibility index (Phi) is 16.3. The molecule has 0 radical (unpaired) electrons. The summed E-state index contributed by atoms with van der Waals surface area (Å²) >= 11 is 0. The second-order valence-corrected chi connectivity index (χ2v) is 8.80. The highest BCUT2D eigenvalue weighted by atomic mass is 19.1. The van der Waals surface area contributed by atoms with E-state index < -0.39 is 5.82 Å². The summed E-state index contributed by atoms with van der Waals surface area (Å²) in [4.78, 5) is 10.8. The summed E-state index contributed by atoms with van der Waals surface area (Å²) in [6.45, 7) is 5.16. The van der Waals surface area contributed by atoms with Crippen LogP contribution < -0.4 is 4.74 Å². The number of hydrogen-bond donors (Lipinski definition) is 0. The molecule has 0 spiro atoms. The Balaban J connectivity index is 2.35. The molecule has 0 aromatic heterocycles. The summed E-state index contributed by atoms with van der Waals surface area (Å²) in [6.07, 6.45) is 21.5. The van der Waals surface area contributed by atoms with Gasteiger partial charge in [0.2, 0.25) is 0 Å². The van der Waals surface area contributed by atoms with Gasteiger partial charge in [0.1, 0.15) is 11.6 Å². The summed E-state index contributed by atoms with van der Waals surface area (Å²) in [5, 5.41) is 0. The van der Waals surface area contributed by atoms with E-state index in [1.54, 1.807) is 6.07 Å². The van der Waals surface area contributed by atoms with Crippen LogP contribution in [0.2, 0.25) is 0 Å². The van der Waals surface area contributed by atoms with Gasteiger partial charge in [-0.2, -0.15) is 0 Å². The zero-order valence-electron chi connectivity index (χ0n) is 19.6. The standard InChI is InChI=1S/C27H45FO2/c1-3-5-7-9-11-12-14-16-18-24(17-15-13-10-8-6-4-2)23-30-26-20-19-25(22-29)27(28)21-26/h19-22,24H,3-18,23H2,1-2H3. The maximum absolute atomic E-state index is 13.8. The van der Waals surface area contributed by atoms with E-state index in [4.69, 9.17) is 4.74 Å². The molecule has 1 atom stereocenters. The van der Waals surface area contributed by atoms with Crippen LogP contribution in [0.1, 0.15) is 127 Å². The van der Waals surface area contributed by atoms with Crippen LogP contribution in [0.5, 0.6) is 5.75 Å². The Morgan fingerprint density at radius 1 is 0.800 bits per heavy atom. The number of carbonyl (C=O) groups is 1. The lowest BCUT2D eigenvalue weighted by molar-refractivity contribution is 0.111. The van der Waals surface area contributed by atoms with Crippen molar-refractivity contribution in [3.63, 3.8) is 0 Å². The van der Waals surface area contributed by atoms with Gasteiger partial charge in [-0.05, 0) is 30.9 Å². The first-order valence-electron chi connectivity index (χ1n) is 12.6. The van der Waals surface area contributed by atoms with Crippen molar-refractivity contribution in [1.82, 2.24) is 0 Å². The molecule has 0 bridgehead atoms. The van der Waals surface area contributed by atoms with Crippen LogP contribution in [0, 0.1) is 11.7 Å². The quantitative estimate of drug-likeness (QED) is 0.155. The second-order valence-electron chi connectivity index (χ2n) is 8.80.